The van der Waals surface area contributed by atoms with Gasteiger partial charge >= 0.3 is 12.1 Å². The number of nitrogens with zero attached hydrogens (tertiary/aromatic N) is 4. The molecular formula is C18H20ClN5O4S. The molecule has 1 aromatic heterocycles. The number of benzene rings is 1. The molecule has 1 unspecified atom stereocenters. The molecule has 0 spiro atoms. The van der Waals surface area contributed by atoms with Gasteiger partial charge in [0.25, 0.3) is 0 Å². The van der Waals surface area contributed by atoms with Gasteiger partial charge in [0.15, 0.2) is 6.23 Å². The number of allylic oxidation sites excluding steroid dienone is 1. The van der Waals surface area contributed by atoms with E-state index >= 15 is 0 Å². The van der Waals surface area contributed by atoms with Crippen LogP contribution in [0.2, 0.25) is 0 Å². The molecule has 3 rings (SSSR count). The largest absolute Gasteiger partial charge is 0.495 e. The topological polar surface area (TPSA) is 96.9 Å². The Morgan fingerprint density at radius 3 is 2.97 bits per heavy atom. The van der Waals surface area contributed by atoms with Crippen molar-refractivity contribution in [3.05, 3.63) is 41.9 Å². The predicted octanol–water partition coefficient (Wildman–Crippen LogP) is 3.68. The Morgan fingerprint density at radius 1 is 1.45 bits per heavy atom. The number of alkyl halides is 1. The van der Waals surface area contributed by atoms with E-state index in [9.17, 15) is 9.59 Å². The molecule has 11 heteroatoms. The van der Waals surface area contributed by atoms with Crippen LogP contribution in [-0.2, 0) is 11.2 Å². The van der Waals surface area contributed by atoms with Crippen LogP contribution >= 0.6 is 22.9 Å². The third-order valence-electron chi connectivity index (χ3n) is 4.12. The number of halogens is 1. The minimum absolute atomic E-state index is 0.0216. The number of hydrogen-bond donors (Lipinski definition) is 1. The lowest BCUT2D eigenvalue weighted by Crippen LogP contribution is -2.56. The zero-order valence-corrected chi connectivity index (χ0v) is 17.3. The Balaban J connectivity index is 1.78. The van der Waals surface area contributed by atoms with Gasteiger partial charge in [-0.1, -0.05) is 29.5 Å². The molecule has 1 aliphatic heterocycles. The number of hydrogen-bond acceptors (Lipinski definition) is 7. The number of para-hydroxylation sites is 2. The molecule has 0 aliphatic carbocycles. The van der Waals surface area contributed by atoms with Crippen molar-refractivity contribution < 1.29 is 19.1 Å². The van der Waals surface area contributed by atoms with Crippen LogP contribution in [0.3, 0.4) is 0 Å². The third-order valence-corrected chi connectivity index (χ3v) is 5.36. The van der Waals surface area contributed by atoms with E-state index in [-0.39, 0.29) is 6.00 Å². The van der Waals surface area contributed by atoms with E-state index in [0.29, 0.717) is 41.0 Å². The first-order valence-electron chi connectivity index (χ1n) is 8.75. The molecule has 1 saturated heterocycles. The molecule has 1 fully saturated rings. The van der Waals surface area contributed by atoms with Crippen LogP contribution in [0.4, 0.5) is 20.4 Å². The summed E-state index contributed by atoms with van der Waals surface area (Å²) < 4.78 is 10.8. The van der Waals surface area contributed by atoms with Crippen LogP contribution < -0.4 is 15.0 Å². The minimum atomic E-state index is -0.846. The van der Waals surface area contributed by atoms with Crippen LogP contribution in [0.5, 0.6) is 5.75 Å². The second-order valence-corrected chi connectivity index (χ2v) is 7.26. The van der Waals surface area contributed by atoms with Crippen LogP contribution in [0.25, 0.3) is 0 Å². The lowest BCUT2D eigenvalue weighted by atomic mass is 10.2. The van der Waals surface area contributed by atoms with Crippen molar-refractivity contribution in [3.8, 4) is 5.75 Å². The van der Waals surface area contributed by atoms with Gasteiger partial charge in [-0.3, -0.25) is 5.32 Å². The molecule has 29 heavy (non-hydrogen) atoms. The number of carbonyl (C=O) groups excluding carboxylic acids is 2. The van der Waals surface area contributed by atoms with E-state index in [1.54, 1.807) is 30.3 Å². The Labute approximate surface area is 176 Å². The summed E-state index contributed by atoms with van der Waals surface area (Å²) in [5.41, 5.74) is 0.459. The molecule has 154 valence electrons. The average Bonchev–Trinajstić information content (AvgIpc) is 3.17. The van der Waals surface area contributed by atoms with Crippen molar-refractivity contribution in [1.29, 1.82) is 0 Å². The van der Waals surface area contributed by atoms with E-state index in [1.807, 2.05) is 0 Å². The molecule has 2 aromatic rings. The number of ether oxygens (including phenoxy) is 2. The Morgan fingerprint density at radius 2 is 2.24 bits per heavy atom. The summed E-state index contributed by atoms with van der Waals surface area (Å²) in [5.74, 6) is 0.493. The van der Waals surface area contributed by atoms with Crippen LogP contribution in [-0.4, -0.2) is 53.1 Å². The molecule has 0 saturated carbocycles. The molecule has 0 radical (unpaired) electrons. The number of amides is 3. The monoisotopic (exact) mass is 437 g/mol. The number of aromatic nitrogens is 2. The Kier molecular flexibility index (Phi) is 6.89. The van der Waals surface area contributed by atoms with Gasteiger partial charge in [0.05, 0.1) is 18.8 Å². The van der Waals surface area contributed by atoms with Gasteiger partial charge in [-0.05, 0) is 12.1 Å². The first-order valence-corrected chi connectivity index (χ1v) is 10.1. The summed E-state index contributed by atoms with van der Waals surface area (Å²) in [6, 6.07) is 6.57. The molecule has 1 atom stereocenters. The molecule has 1 aliphatic rings. The number of methoxy groups -OCH3 is 1. The van der Waals surface area contributed by atoms with E-state index in [2.05, 4.69) is 22.1 Å². The fraction of sp³-hybridized carbons (Fsp3) is 0.333. The zero-order valence-electron chi connectivity index (χ0n) is 15.7. The highest BCUT2D eigenvalue weighted by Gasteiger charge is 2.38. The minimum Gasteiger partial charge on any atom is -0.495 e. The number of urea groups is 1. The van der Waals surface area contributed by atoms with Crippen LogP contribution in [0.15, 0.2) is 36.9 Å². The van der Waals surface area contributed by atoms with Gasteiger partial charge in [-0.25, -0.2) is 14.5 Å². The maximum absolute atomic E-state index is 12.8. The van der Waals surface area contributed by atoms with Crippen LogP contribution in [0.1, 0.15) is 11.4 Å². The quantitative estimate of drug-likeness (QED) is 0.403. The number of carbonyl (C=O) groups is 2. The first-order chi connectivity index (χ1) is 14.1. The van der Waals surface area contributed by atoms with Gasteiger partial charge in [-0.2, -0.15) is 0 Å². The average molecular weight is 438 g/mol. The first kappa shape index (κ1) is 20.9. The molecule has 3 amide bonds. The standard InChI is InChI=1S/C18H20ClN5O4S/c1-3-6-14-21-22-16(29-14)24-15(9-10-23(11-19)18(24)26)28-17(25)20-12-7-4-5-8-13(12)27-2/h3-5,7-8,15H,1,6,9-11H2,2H3,(H,20,25). The maximum atomic E-state index is 12.8. The number of anilines is 2. The summed E-state index contributed by atoms with van der Waals surface area (Å²) >= 11 is 7.11. The summed E-state index contributed by atoms with van der Waals surface area (Å²) in [4.78, 5) is 28.1. The second kappa shape index (κ2) is 9.57. The normalized spacial score (nSPS) is 16.5. The Bertz CT molecular complexity index is 893. The fourth-order valence-corrected chi connectivity index (χ4v) is 3.84. The van der Waals surface area contributed by atoms with Crippen molar-refractivity contribution >= 4 is 45.9 Å². The predicted molar refractivity (Wildman–Crippen MR) is 111 cm³/mol. The molecule has 9 nitrogen and oxygen atoms in total. The number of rotatable bonds is 7. The van der Waals surface area contributed by atoms with Crippen molar-refractivity contribution in [2.75, 3.05) is 29.9 Å². The maximum Gasteiger partial charge on any atom is 0.413 e. The lowest BCUT2D eigenvalue weighted by Gasteiger charge is -2.38. The smallest absolute Gasteiger partial charge is 0.413 e. The van der Waals surface area contributed by atoms with E-state index < -0.39 is 18.4 Å². The molecule has 2 heterocycles. The summed E-state index contributed by atoms with van der Waals surface area (Å²) in [7, 11) is 1.50. The van der Waals surface area contributed by atoms with Crippen molar-refractivity contribution in [3.63, 3.8) is 0 Å². The van der Waals surface area contributed by atoms with Crippen molar-refractivity contribution in [2.24, 2.45) is 0 Å². The third kappa shape index (κ3) is 4.77. The van der Waals surface area contributed by atoms with Crippen molar-refractivity contribution in [2.45, 2.75) is 19.1 Å². The zero-order chi connectivity index (χ0) is 20.8. The van der Waals surface area contributed by atoms with Crippen molar-refractivity contribution in [1.82, 2.24) is 15.1 Å². The SMILES string of the molecule is C=CCc1nnc(N2C(=O)N(CCl)CCC2OC(=O)Nc2ccccc2OC)s1. The molecule has 1 N–H and O–H groups in total. The summed E-state index contributed by atoms with van der Waals surface area (Å²) in [6.07, 6.45) is 1.03. The highest BCUT2D eigenvalue weighted by atomic mass is 35.5. The molecular weight excluding hydrogens is 418 g/mol. The summed E-state index contributed by atoms with van der Waals surface area (Å²) in [5, 5.41) is 11.8. The van der Waals surface area contributed by atoms with Gasteiger partial charge in [-0.15, -0.1) is 28.4 Å². The lowest BCUT2D eigenvalue weighted by molar-refractivity contribution is 0.0830. The van der Waals surface area contributed by atoms with Crippen LogP contribution in [0, 0.1) is 0 Å². The van der Waals surface area contributed by atoms with Gasteiger partial charge in [0.2, 0.25) is 5.13 Å². The van der Waals surface area contributed by atoms with E-state index in [0.717, 1.165) is 0 Å². The number of nitrogens with one attached hydrogen (secondary N) is 1. The Hall–Kier alpha value is -2.85. The summed E-state index contributed by atoms with van der Waals surface area (Å²) in [6.45, 7) is 4.02. The van der Waals surface area contributed by atoms with Gasteiger partial charge < -0.3 is 14.4 Å². The van der Waals surface area contributed by atoms with Gasteiger partial charge in [0, 0.05) is 19.4 Å². The van der Waals surface area contributed by atoms with E-state index in [1.165, 1.54) is 28.2 Å². The molecule has 0 bridgehead atoms. The molecule has 1 aromatic carbocycles. The van der Waals surface area contributed by atoms with E-state index in [4.69, 9.17) is 21.1 Å². The highest BCUT2D eigenvalue weighted by molar-refractivity contribution is 7.15. The highest BCUT2D eigenvalue weighted by Crippen LogP contribution is 2.29. The van der Waals surface area contributed by atoms with Gasteiger partial charge in [0.1, 0.15) is 10.8 Å². The fourth-order valence-electron chi connectivity index (χ4n) is 2.75. The second-order valence-electron chi connectivity index (χ2n) is 5.98.